The van der Waals surface area contributed by atoms with Gasteiger partial charge in [-0.15, -0.1) is 0 Å². The highest BCUT2D eigenvalue weighted by Crippen LogP contribution is 2.03. The lowest BCUT2D eigenvalue weighted by Crippen LogP contribution is -1.82. The van der Waals surface area contributed by atoms with Crippen molar-refractivity contribution >= 4 is 22.6 Å². The van der Waals surface area contributed by atoms with E-state index in [9.17, 15) is 4.39 Å². The molecule has 0 radical (unpaired) electrons. The van der Waals surface area contributed by atoms with Gasteiger partial charge in [0.25, 0.3) is 0 Å². The predicted octanol–water partition coefficient (Wildman–Crippen LogP) is 2.16. The summed E-state index contributed by atoms with van der Waals surface area (Å²) in [5.74, 6) is -0.413. The maximum absolute atomic E-state index is 12.1. The molecule has 0 N–H and O–H groups in total. The predicted molar refractivity (Wildman–Crippen MR) is 41.9 cm³/mol. The molecule has 0 saturated carbocycles. The lowest BCUT2D eigenvalue weighted by Gasteiger charge is -1.90. The van der Waals surface area contributed by atoms with Gasteiger partial charge in [-0.3, -0.25) is 0 Å². The van der Waals surface area contributed by atoms with Gasteiger partial charge in [-0.05, 0) is 11.6 Å². The summed E-state index contributed by atoms with van der Waals surface area (Å²) in [6.45, 7) is 0. The second kappa shape index (κ2) is 3.10. The molecule has 0 spiro atoms. The monoisotopic (exact) mass is 237 g/mol. The van der Waals surface area contributed by atoms with Crippen molar-refractivity contribution in [1.82, 2.24) is 4.98 Å². The Kier molecular flexibility index (Phi) is 2.38. The molecule has 3 heteroatoms. The summed E-state index contributed by atoms with van der Waals surface area (Å²) in [7, 11) is 0. The maximum Gasteiger partial charge on any atom is 0.212 e. The molecule has 1 heterocycles. The fourth-order valence-corrected chi connectivity index (χ4v) is 0.937. The van der Waals surface area contributed by atoms with Gasteiger partial charge in [0.15, 0.2) is 0 Å². The van der Waals surface area contributed by atoms with Crippen molar-refractivity contribution in [3.8, 4) is 0 Å². The molecule has 0 amide bonds. The first kappa shape index (κ1) is 6.92. The summed E-state index contributed by atoms with van der Waals surface area (Å²) >= 11 is 2.20. The van der Waals surface area contributed by atoms with Crippen LogP contribution < -0.4 is 0 Å². The Hall–Kier alpha value is -0.190. The van der Waals surface area contributed by atoms with Crippen LogP contribution in [0.1, 0.15) is 5.56 Å². The van der Waals surface area contributed by atoms with E-state index < -0.39 is 5.95 Å². The van der Waals surface area contributed by atoms with Gasteiger partial charge in [0, 0.05) is 10.6 Å². The zero-order chi connectivity index (χ0) is 6.69. The molecule has 0 unspecified atom stereocenters. The summed E-state index contributed by atoms with van der Waals surface area (Å²) in [6.07, 6.45) is 1.54. The number of nitrogens with zero attached hydrogens (tertiary/aromatic N) is 1. The molecule has 48 valence electrons. The molecule has 1 aromatic heterocycles. The molecular weight excluding hydrogens is 232 g/mol. The minimum atomic E-state index is -0.413. The lowest BCUT2D eigenvalue weighted by atomic mass is 10.3. The zero-order valence-corrected chi connectivity index (χ0v) is 6.80. The van der Waals surface area contributed by atoms with Crippen LogP contribution in [0.2, 0.25) is 0 Å². The van der Waals surface area contributed by atoms with E-state index in [1.807, 2.05) is 0 Å². The van der Waals surface area contributed by atoms with Crippen LogP contribution in [-0.2, 0) is 4.43 Å². The van der Waals surface area contributed by atoms with E-state index >= 15 is 0 Å². The SMILES string of the molecule is Fc1ccc(CI)cn1. The van der Waals surface area contributed by atoms with Gasteiger partial charge >= 0.3 is 0 Å². The fraction of sp³-hybridized carbons (Fsp3) is 0.167. The summed E-state index contributed by atoms with van der Waals surface area (Å²) < 4.78 is 13.0. The lowest BCUT2D eigenvalue weighted by molar-refractivity contribution is 0.583. The molecule has 1 nitrogen and oxygen atoms in total. The number of alkyl halides is 1. The first-order valence-electron chi connectivity index (χ1n) is 2.49. The first-order chi connectivity index (χ1) is 4.33. The number of halogens is 2. The molecule has 0 saturated heterocycles. The van der Waals surface area contributed by atoms with Gasteiger partial charge in [-0.2, -0.15) is 4.39 Å². The Labute approximate surface area is 66.4 Å². The van der Waals surface area contributed by atoms with Gasteiger partial charge in [-0.25, -0.2) is 4.98 Å². The van der Waals surface area contributed by atoms with E-state index in [2.05, 4.69) is 27.6 Å². The zero-order valence-electron chi connectivity index (χ0n) is 4.64. The van der Waals surface area contributed by atoms with Crippen LogP contribution in [0.15, 0.2) is 18.3 Å². The number of aromatic nitrogens is 1. The second-order valence-corrected chi connectivity index (χ2v) is 2.39. The average molecular weight is 237 g/mol. The van der Waals surface area contributed by atoms with E-state index in [1.165, 1.54) is 6.07 Å². The Morgan fingerprint density at radius 2 is 2.33 bits per heavy atom. The first-order valence-corrected chi connectivity index (χ1v) is 4.02. The minimum absolute atomic E-state index is 0.413. The van der Waals surface area contributed by atoms with Gasteiger partial charge < -0.3 is 0 Å². The van der Waals surface area contributed by atoms with Crippen molar-refractivity contribution in [2.45, 2.75) is 4.43 Å². The van der Waals surface area contributed by atoms with Crippen LogP contribution in [0, 0.1) is 5.95 Å². The van der Waals surface area contributed by atoms with Gasteiger partial charge in [0.05, 0.1) is 0 Å². The Morgan fingerprint density at radius 1 is 1.56 bits per heavy atom. The van der Waals surface area contributed by atoms with Crippen molar-refractivity contribution < 1.29 is 4.39 Å². The van der Waals surface area contributed by atoms with Gasteiger partial charge in [0.2, 0.25) is 5.95 Å². The van der Waals surface area contributed by atoms with Crippen molar-refractivity contribution in [2.24, 2.45) is 0 Å². The van der Waals surface area contributed by atoms with Crippen molar-refractivity contribution in [2.75, 3.05) is 0 Å². The molecule has 0 fully saturated rings. The molecule has 0 aromatic carbocycles. The molecule has 0 aliphatic carbocycles. The third-order valence-corrected chi connectivity index (χ3v) is 1.82. The number of hydrogen-bond donors (Lipinski definition) is 0. The normalized spacial score (nSPS) is 9.56. The number of rotatable bonds is 1. The average Bonchev–Trinajstić information content (AvgIpc) is 1.90. The molecule has 0 aliphatic rings. The molecule has 0 atom stereocenters. The standard InChI is InChI=1S/C6H5FIN/c7-6-2-1-5(3-8)4-9-6/h1-2,4H,3H2. The molecule has 9 heavy (non-hydrogen) atoms. The van der Waals surface area contributed by atoms with Crippen LogP contribution in [0.5, 0.6) is 0 Å². The van der Waals surface area contributed by atoms with Gasteiger partial charge in [0.1, 0.15) is 0 Å². The van der Waals surface area contributed by atoms with Crippen molar-refractivity contribution in [3.63, 3.8) is 0 Å². The molecular formula is C6H5FIN. The molecule has 1 rings (SSSR count). The summed E-state index contributed by atoms with van der Waals surface area (Å²) in [6, 6.07) is 3.10. The largest absolute Gasteiger partial charge is 0.228 e. The Morgan fingerprint density at radius 3 is 2.78 bits per heavy atom. The quantitative estimate of drug-likeness (QED) is 0.414. The van der Waals surface area contributed by atoms with Crippen LogP contribution >= 0.6 is 22.6 Å². The third kappa shape index (κ3) is 1.89. The number of hydrogen-bond acceptors (Lipinski definition) is 1. The van der Waals surface area contributed by atoms with Crippen LogP contribution in [0.4, 0.5) is 4.39 Å². The highest BCUT2D eigenvalue weighted by Gasteiger charge is 1.89. The second-order valence-electron chi connectivity index (χ2n) is 1.62. The molecule has 0 aliphatic heterocycles. The van der Waals surface area contributed by atoms with Crippen molar-refractivity contribution in [1.29, 1.82) is 0 Å². The van der Waals surface area contributed by atoms with Crippen LogP contribution in [0.3, 0.4) is 0 Å². The summed E-state index contributed by atoms with van der Waals surface area (Å²) in [4.78, 5) is 3.48. The molecule has 1 aromatic rings. The van der Waals surface area contributed by atoms with E-state index in [0.717, 1.165) is 9.99 Å². The summed E-state index contributed by atoms with van der Waals surface area (Å²) in [5, 5.41) is 0. The van der Waals surface area contributed by atoms with Crippen LogP contribution in [-0.4, -0.2) is 4.98 Å². The minimum Gasteiger partial charge on any atom is -0.228 e. The van der Waals surface area contributed by atoms with Crippen LogP contribution in [0.25, 0.3) is 0 Å². The highest BCUT2D eigenvalue weighted by molar-refractivity contribution is 14.1. The molecule has 0 bridgehead atoms. The van der Waals surface area contributed by atoms with E-state index in [0.29, 0.717) is 0 Å². The van der Waals surface area contributed by atoms with E-state index in [-0.39, 0.29) is 0 Å². The van der Waals surface area contributed by atoms with E-state index in [1.54, 1.807) is 12.3 Å². The third-order valence-electron chi connectivity index (χ3n) is 0.943. The Bertz CT molecular complexity index is 185. The van der Waals surface area contributed by atoms with Crippen molar-refractivity contribution in [3.05, 3.63) is 29.8 Å². The number of pyridine rings is 1. The van der Waals surface area contributed by atoms with Gasteiger partial charge in [-0.1, -0.05) is 28.7 Å². The topological polar surface area (TPSA) is 12.9 Å². The smallest absolute Gasteiger partial charge is 0.212 e. The highest BCUT2D eigenvalue weighted by atomic mass is 127. The fourth-order valence-electron chi connectivity index (χ4n) is 0.485. The summed E-state index contributed by atoms with van der Waals surface area (Å²) in [5.41, 5.74) is 1.05. The van der Waals surface area contributed by atoms with E-state index in [4.69, 9.17) is 0 Å². The maximum atomic E-state index is 12.1. The Balaban J connectivity index is 2.88.